The van der Waals surface area contributed by atoms with Crippen molar-refractivity contribution in [1.29, 1.82) is 0 Å². The average molecular weight is 401 g/mol. The predicted octanol–water partition coefficient (Wildman–Crippen LogP) is 2.10. The first-order chi connectivity index (χ1) is 14.0. The summed E-state index contributed by atoms with van der Waals surface area (Å²) in [5, 5.41) is 3.00. The molecule has 3 atom stereocenters. The number of benzene rings is 1. The average Bonchev–Trinajstić information content (AvgIpc) is 2.73. The van der Waals surface area contributed by atoms with Gasteiger partial charge in [0.15, 0.2) is 0 Å². The fourth-order valence-corrected chi connectivity index (χ4v) is 4.59. The topological polar surface area (TPSA) is 55.9 Å². The molecule has 2 fully saturated rings. The van der Waals surface area contributed by atoms with E-state index in [1.165, 1.54) is 6.42 Å². The van der Waals surface area contributed by atoms with Crippen molar-refractivity contribution in [2.75, 3.05) is 32.7 Å². The Balaban J connectivity index is 1.42. The molecule has 0 saturated carbocycles. The van der Waals surface area contributed by atoms with Crippen LogP contribution in [0.1, 0.15) is 45.6 Å². The summed E-state index contributed by atoms with van der Waals surface area (Å²) in [6.07, 6.45) is 3.43. The largest absolute Gasteiger partial charge is 0.351 e. The van der Waals surface area contributed by atoms with Gasteiger partial charge in [0.2, 0.25) is 11.8 Å². The maximum absolute atomic E-state index is 13.1. The molecule has 6 heteroatoms. The van der Waals surface area contributed by atoms with Crippen LogP contribution in [0.3, 0.4) is 0 Å². The second-order valence-electron chi connectivity index (χ2n) is 8.62. The minimum atomic E-state index is -0.0907. The van der Waals surface area contributed by atoms with Crippen LogP contribution in [-0.2, 0) is 16.1 Å². The minimum Gasteiger partial charge on any atom is -0.351 e. The zero-order valence-electron chi connectivity index (χ0n) is 18.1. The Hall–Kier alpha value is -1.92. The molecule has 1 aromatic rings. The van der Waals surface area contributed by atoms with Crippen LogP contribution in [0.2, 0.25) is 0 Å². The number of piperazine rings is 1. The van der Waals surface area contributed by atoms with Gasteiger partial charge in [-0.15, -0.1) is 0 Å². The molecular formula is C23H36N4O2. The van der Waals surface area contributed by atoms with E-state index in [2.05, 4.69) is 33.9 Å². The monoisotopic (exact) mass is 400 g/mol. The van der Waals surface area contributed by atoms with Gasteiger partial charge in [-0.3, -0.25) is 19.4 Å². The van der Waals surface area contributed by atoms with Crippen molar-refractivity contribution in [3.05, 3.63) is 35.9 Å². The molecule has 0 aromatic heterocycles. The molecule has 0 unspecified atom stereocenters. The van der Waals surface area contributed by atoms with Gasteiger partial charge in [0.1, 0.15) is 0 Å². The lowest BCUT2D eigenvalue weighted by Crippen LogP contribution is -2.58. The van der Waals surface area contributed by atoms with Crippen LogP contribution in [0, 0.1) is 0 Å². The van der Waals surface area contributed by atoms with Gasteiger partial charge in [0.25, 0.3) is 0 Å². The summed E-state index contributed by atoms with van der Waals surface area (Å²) in [6, 6.07) is 10.5. The first-order valence-electron chi connectivity index (χ1n) is 11.0. The number of nitrogens with zero attached hydrogens (tertiary/aromatic N) is 3. The van der Waals surface area contributed by atoms with Gasteiger partial charge >= 0.3 is 0 Å². The molecule has 1 N–H and O–H groups in total. The maximum atomic E-state index is 13.1. The molecule has 29 heavy (non-hydrogen) atoms. The van der Waals surface area contributed by atoms with E-state index in [0.29, 0.717) is 25.2 Å². The Bertz CT molecular complexity index is 663. The summed E-state index contributed by atoms with van der Waals surface area (Å²) < 4.78 is 0. The zero-order chi connectivity index (χ0) is 20.8. The van der Waals surface area contributed by atoms with Gasteiger partial charge < -0.3 is 10.2 Å². The van der Waals surface area contributed by atoms with E-state index in [-0.39, 0.29) is 17.9 Å². The van der Waals surface area contributed by atoms with Crippen molar-refractivity contribution < 1.29 is 9.59 Å². The smallest absolute Gasteiger partial charge is 0.240 e. The lowest BCUT2D eigenvalue weighted by Gasteiger charge is -2.44. The Morgan fingerprint density at radius 2 is 1.66 bits per heavy atom. The number of nitrogens with one attached hydrogen (secondary N) is 1. The van der Waals surface area contributed by atoms with E-state index in [9.17, 15) is 9.59 Å². The number of rotatable bonds is 6. The highest BCUT2D eigenvalue weighted by molar-refractivity contribution is 5.82. The molecule has 2 saturated heterocycles. The van der Waals surface area contributed by atoms with Crippen LogP contribution in [0.25, 0.3) is 0 Å². The number of carbonyl (C=O) groups is 2. The van der Waals surface area contributed by atoms with Gasteiger partial charge in [-0.1, -0.05) is 30.3 Å². The highest BCUT2D eigenvalue weighted by Gasteiger charge is 2.34. The fraction of sp³-hybridized carbons (Fsp3) is 0.652. The summed E-state index contributed by atoms with van der Waals surface area (Å²) in [6.45, 7) is 10.7. The third-order valence-electron chi connectivity index (χ3n) is 6.46. The summed E-state index contributed by atoms with van der Waals surface area (Å²) in [5.41, 5.74) is 1.11. The Morgan fingerprint density at radius 3 is 2.28 bits per heavy atom. The molecular weight excluding hydrogens is 364 g/mol. The number of likely N-dealkylation sites (tertiary alicyclic amines) is 1. The van der Waals surface area contributed by atoms with Crippen molar-refractivity contribution in [2.24, 2.45) is 0 Å². The molecule has 0 spiro atoms. The summed E-state index contributed by atoms with van der Waals surface area (Å²) in [5.74, 6) is 0.321. The Morgan fingerprint density at radius 1 is 1.03 bits per heavy atom. The van der Waals surface area contributed by atoms with Gasteiger partial charge in [-0.25, -0.2) is 0 Å². The summed E-state index contributed by atoms with van der Waals surface area (Å²) in [7, 11) is 0. The molecule has 2 heterocycles. The standard InChI is InChI=1S/C23H36N4O2/c1-18-8-7-9-19(2)27(18)23(29)20(3)26-14-12-25(13-15-26)17-22(28)24-16-21-10-5-4-6-11-21/h4-6,10-11,18-20H,7-9,12-17H2,1-3H3,(H,24,28)/t18-,19-,20+/m0/s1. The van der Waals surface area contributed by atoms with Crippen LogP contribution < -0.4 is 5.32 Å². The highest BCUT2D eigenvalue weighted by Crippen LogP contribution is 2.24. The van der Waals surface area contributed by atoms with Crippen molar-refractivity contribution >= 4 is 11.8 Å². The van der Waals surface area contributed by atoms with E-state index in [4.69, 9.17) is 0 Å². The number of hydrogen-bond donors (Lipinski definition) is 1. The van der Waals surface area contributed by atoms with Gasteiger partial charge in [-0.05, 0) is 45.6 Å². The molecule has 2 amide bonds. The number of piperidine rings is 1. The molecule has 3 rings (SSSR count). The predicted molar refractivity (Wildman–Crippen MR) is 115 cm³/mol. The molecule has 0 aliphatic carbocycles. The van der Waals surface area contributed by atoms with Crippen LogP contribution in [-0.4, -0.2) is 77.4 Å². The van der Waals surface area contributed by atoms with Gasteiger partial charge in [-0.2, -0.15) is 0 Å². The quantitative estimate of drug-likeness (QED) is 0.795. The summed E-state index contributed by atoms with van der Waals surface area (Å²) >= 11 is 0. The lowest BCUT2D eigenvalue weighted by atomic mass is 9.96. The third-order valence-corrected chi connectivity index (χ3v) is 6.46. The van der Waals surface area contributed by atoms with Crippen LogP contribution in [0.4, 0.5) is 0 Å². The zero-order valence-corrected chi connectivity index (χ0v) is 18.1. The second kappa shape index (κ2) is 10.2. The Kier molecular flexibility index (Phi) is 7.67. The molecule has 2 aliphatic rings. The number of hydrogen-bond acceptors (Lipinski definition) is 4. The van der Waals surface area contributed by atoms with Gasteiger partial charge in [0.05, 0.1) is 12.6 Å². The van der Waals surface area contributed by atoms with E-state index in [0.717, 1.165) is 44.6 Å². The van der Waals surface area contributed by atoms with Crippen LogP contribution in [0.5, 0.6) is 0 Å². The fourth-order valence-electron chi connectivity index (χ4n) is 4.59. The van der Waals surface area contributed by atoms with E-state index in [1.54, 1.807) is 0 Å². The second-order valence-corrected chi connectivity index (χ2v) is 8.62. The van der Waals surface area contributed by atoms with E-state index < -0.39 is 0 Å². The molecule has 6 nitrogen and oxygen atoms in total. The minimum absolute atomic E-state index is 0.0578. The van der Waals surface area contributed by atoms with Crippen molar-refractivity contribution in [3.63, 3.8) is 0 Å². The number of amides is 2. The first-order valence-corrected chi connectivity index (χ1v) is 11.0. The Labute approximate surface area is 175 Å². The van der Waals surface area contributed by atoms with E-state index >= 15 is 0 Å². The third kappa shape index (κ3) is 5.80. The molecule has 0 radical (unpaired) electrons. The molecule has 2 aliphatic heterocycles. The first kappa shape index (κ1) is 21.8. The van der Waals surface area contributed by atoms with Crippen molar-refractivity contribution in [2.45, 2.75) is 64.7 Å². The van der Waals surface area contributed by atoms with Gasteiger partial charge in [0, 0.05) is 44.8 Å². The molecule has 1 aromatic carbocycles. The SMILES string of the molecule is C[C@H](C(=O)N1[C@@H](C)CCC[C@@H]1C)N1CCN(CC(=O)NCc2ccccc2)CC1. The summed E-state index contributed by atoms with van der Waals surface area (Å²) in [4.78, 5) is 31.9. The van der Waals surface area contributed by atoms with Crippen LogP contribution in [0.15, 0.2) is 30.3 Å². The molecule has 160 valence electrons. The van der Waals surface area contributed by atoms with Crippen LogP contribution >= 0.6 is 0 Å². The highest BCUT2D eigenvalue weighted by atomic mass is 16.2. The van der Waals surface area contributed by atoms with Crippen molar-refractivity contribution in [3.8, 4) is 0 Å². The maximum Gasteiger partial charge on any atom is 0.240 e. The molecule has 0 bridgehead atoms. The van der Waals surface area contributed by atoms with Crippen molar-refractivity contribution in [1.82, 2.24) is 20.0 Å². The normalized spacial score (nSPS) is 24.9. The number of carbonyl (C=O) groups excluding carboxylic acids is 2. The van der Waals surface area contributed by atoms with E-state index in [1.807, 2.05) is 37.3 Å². The lowest BCUT2D eigenvalue weighted by molar-refractivity contribution is -0.143.